The number of anilines is 1. The molecule has 10 heteroatoms. The van der Waals surface area contributed by atoms with E-state index in [0.717, 1.165) is 14.8 Å². The number of hydrogen-bond donors (Lipinski definition) is 1. The van der Waals surface area contributed by atoms with Crippen molar-refractivity contribution in [3.63, 3.8) is 0 Å². The van der Waals surface area contributed by atoms with Gasteiger partial charge >= 0.3 is 0 Å². The molecule has 0 radical (unpaired) electrons. The molecule has 1 unspecified atom stereocenters. The molecular formula is C29H34ClN3O4S2. The Kier molecular flexibility index (Phi) is 10.5. The zero-order valence-corrected chi connectivity index (χ0v) is 25.1. The molecule has 0 bridgehead atoms. The Hall–Kier alpha value is -3.01. The first kappa shape index (κ1) is 30.5. The quantitative estimate of drug-likeness (QED) is 0.299. The van der Waals surface area contributed by atoms with Crippen molar-refractivity contribution >= 4 is 50.9 Å². The fourth-order valence-electron chi connectivity index (χ4n) is 3.91. The van der Waals surface area contributed by atoms with Gasteiger partial charge in [-0.1, -0.05) is 47.5 Å². The first-order valence-corrected chi connectivity index (χ1v) is 15.5. The highest BCUT2D eigenvalue weighted by atomic mass is 35.5. The fourth-order valence-corrected chi connectivity index (χ4v) is 5.93. The maximum Gasteiger partial charge on any atom is 0.264 e. The maximum atomic E-state index is 13.9. The second-order valence-corrected chi connectivity index (χ2v) is 12.6. The van der Waals surface area contributed by atoms with Crippen LogP contribution in [0.1, 0.15) is 31.9 Å². The summed E-state index contributed by atoms with van der Waals surface area (Å²) in [6.07, 6.45) is 1.91. The Labute approximate surface area is 240 Å². The van der Waals surface area contributed by atoms with Crippen LogP contribution in [0.5, 0.6) is 0 Å². The molecule has 0 heterocycles. The van der Waals surface area contributed by atoms with Gasteiger partial charge in [0.15, 0.2) is 0 Å². The average molecular weight is 588 g/mol. The summed E-state index contributed by atoms with van der Waals surface area (Å²) in [5, 5.41) is 3.28. The lowest BCUT2D eigenvalue weighted by Crippen LogP contribution is -2.52. The van der Waals surface area contributed by atoms with E-state index >= 15 is 0 Å². The highest BCUT2D eigenvalue weighted by Gasteiger charge is 2.33. The zero-order valence-electron chi connectivity index (χ0n) is 22.7. The molecule has 1 atom stereocenters. The van der Waals surface area contributed by atoms with E-state index in [9.17, 15) is 18.0 Å². The number of hydrogen-bond acceptors (Lipinski definition) is 5. The molecule has 0 fully saturated rings. The predicted octanol–water partition coefficient (Wildman–Crippen LogP) is 5.51. The molecule has 1 N–H and O–H groups in total. The molecule has 0 saturated carbocycles. The number of benzene rings is 3. The van der Waals surface area contributed by atoms with Gasteiger partial charge in [-0.05, 0) is 82.0 Å². The average Bonchev–Trinajstić information content (AvgIpc) is 2.91. The lowest BCUT2D eigenvalue weighted by atomic mass is 10.1. The van der Waals surface area contributed by atoms with Gasteiger partial charge in [-0.15, -0.1) is 11.8 Å². The van der Waals surface area contributed by atoms with Crippen molar-refractivity contribution in [2.45, 2.75) is 56.1 Å². The third-order valence-electron chi connectivity index (χ3n) is 6.15. The topological polar surface area (TPSA) is 86.8 Å². The molecule has 2 amide bonds. The van der Waals surface area contributed by atoms with Gasteiger partial charge in [-0.2, -0.15) is 0 Å². The molecule has 0 saturated heterocycles. The minimum Gasteiger partial charge on any atom is -0.352 e. The summed E-state index contributed by atoms with van der Waals surface area (Å²) in [5.74, 6) is -0.881. The molecule has 0 aliphatic carbocycles. The second-order valence-electron chi connectivity index (χ2n) is 9.48. The van der Waals surface area contributed by atoms with Crippen LogP contribution in [0.3, 0.4) is 0 Å². The first-order valence-electron chi connectivity index (χ1n) is 12.5. The molecule has 3 aromatic rings. The molecule has 0 aliphatic heterocycles. The second kappa shape index (κ2) is 13.4. The van der Waals surface area contributed by atoms with E-state index in [0.29, 0.717) is 16.3 Å². The Morgan fingerprint density at radius 2 is 1.56 bits per heavy atom. The van der Waals surface area contributed by atoms with Crippen LogP contribution in [0.2, 0.25) is 5.02 Å². The van der Waals surface area contributed by atoms with Gasteiger partial charge in [0.2, 0.25) is 11.8 Å². The number of aryl methyl sites for hydroxylation is 1. The number of halogens is 1. The van der Waals surface area contributed by atoms with Crippen molar-refractivity contribution in [1.29, 1.82) is 0 Å². The van der Waals surface area contributed by atoms with Crippen molar-refractivity contribution in [3.8, 4) is 0 Å². The molecular weight excluding hydrogens is 554 g/mol. The molecule has 7 nitrogen and oxygen atoms in total. The van der Waals surface area contributed by atoms with Crippen molar-refractivity contribution in [2.24, 2.45) is 0 Å². The number of sulfonamides is 1. The third-order valence-corrected chi connectivity index (χ3v) is 9.05. The van der Waals surface area contributed by atoms with Gasteiger partial charge in [0.05, 0.1) is 10.6 Å². The van der Waals surface area contributed by atoms with Crippen LogP contribution in [0.4, 0.5) is 5.69 Å². The molecule has 3 rings (SSSR count). The van der Waals surface area contributed by atoms with E-state index in [1.165, 1.54) is 28.8 Å². The van der Waals surface area contributed by atoms with Crippen LogP contribution in [0.15, 0.2) is 82.6 Å². The van der Waals surface area contributed by atoms with Crippen LogP contribution in [0.25, 0.3) is 0 Å². The molecule has 0 spiro atoms. The number of carbonyl (C=O) groups excluding carboxylic acids is 2. The van der Waals surface area contributed by atoms with Crippen LogP contribution < -0.4 is 9.62 Å². The van der Waals surface area contributed by atoms with Crippen LogP contribution in [-0.4, -0.2) is 50.0 Å². The highest BCUT2D eigenvalue weighted by molar-refractivity contribution is 7.98. The lowest BCUT2D eigenvalue weighted by molar-refractivity contribution is -0.139. The van der Waals surface area contributed by atoms with Crippen molar-refractivity contribution < 1.29 is 18.0 Å². The van der Waals surface area contributed by atoms with Gasteiger partial charge in [0, 0.05) is 22.5 Å². The molecule has 208 valence electrons. The standard InChI is InChI=1S/C29H34ClN3O4S2/c1-20(2)31-29(35)22(4)32(18-23-8-6-7-9-27(23)30)28(34)19-33(24-12-10-21(3)11-13-24)39(36,37)26-16-14-25(38-5)15-17-26/h6-17,20,22H,18-19H2,1-5H3,(H,31,35). The monoisotopic (exact) mass is 587 g/mol. The largest absolute Gasteiger partial charge is 0.352 e. The normalized spacial score (nSPS) is 12.2. The van der Waals surface area contributed by atoms with E-state index in [2.05, 4.69) is 5.32 Å². The molecule has 0 aromatic heterocycles. The summed E-state index contributed by atoms with van der Waals surface area (Å²) in [4.78, 5) is 29.2. The molecule has 39 heavy (non-hydrogen) atoms. The predicted molar refractivity (Wildman–Crippen MR) is 159 cm³/mol. The summed E-state index contributed by atoms with van der Waals surface area (Å²) in [7, 11) is -4.12. The van der Waals surface area contributed by atoms with Gasteiger partial charge in [-0.25, -0.2) is 8.42 Å². The molecule has 0 aliphatic rings. The van der Waals surface area contributed by atoms with Crippen LogP contribution in [-0.2, 0) is 26.2 Å². The Balaban J connectivity index is 2.04. The fraction of sp³-hybridized carbons (Fsp3) is 0.310. The number of rotatable bonds is 11. The number of carbonyl (C=O) groups is 2. The summed E-state index contributed by atoms with van der Waals surface area (Å²) in [6, 6.07) is 19.5. The van der Waals surface area contributed by atoms with Crippen molar-refractivity contribution in [3.05, 3.63) is 88.9 Å². The van der Waals surface area contributed by atoms with E-state index in [-0.39, 0.29) is 23.4 Å². The SMILES string of the molecule is CSc1ccc(S(=O)(=O)N(CC(=O)N(Cc2ccccc2Cl)C(C)C(=O)NC(C)C)c2ccc(C)cc2)cc1. The number of amides is 2. The Morgan fingerprint density at radius 3 is 2.13 bits per heavy atom. The van der Waals surface area contributed by atoms with Gasteiger partial charge in [0.1, 0.15) is 12.6 Å². The van der Waals surface area contributed by atoms with Crippen LogP contribution in [0, 0.1) is 6.92 Å². The minimum absolute atomic E-state index is 0.0371. The van der Waals surface area contributed by atoms with E-state index in [1.807, 2.05) is 27.0 Å². The number of nitrogens with zero attached hydrogens (tertiary/aromatic N) is 2. The Morgan fingerprint density at radius 1 is 0.949 bits per heavy atom. The van der Waals surface area contributed by atoms with Crippen molar-refractivity contribution in [1.82, 2.24) is 10.2 Å². The van der Waals surface area contributed by atoms with Crippen LogP contribution >= 0.6 is 23.4 Å². The summed E-state index contributed by atoms with van der Waals surface area (Å²) in [5.41, 5.74) is 1.94. The smallest absolute Gasteiger partial charge is 0.264 e. The summed E-state index contributed by atoms with van der Waals surface area (Å²) in [6.45, 7) is 6.72. The maximum absolute atomic E-state index is 13.9. The third kappa shape index (κ3) is 7.77. The first-order chi connectivity index (χ1) is 18.4. The number of thioether (sulfide) groups is 1. The lowest BCUT2D eigenvalue weighted by Gasteiger charge is -2.32. The van der Waals surface area contributed by atoms with E-state index < -0.39 is 28.5 Å². The van der Waals surface area contributed by atoms with Gasteiger partial charge in [0.25, 0.3) is 10.0 Å². The van der Waals surface area contributed by atoms with E-state index in [1.54, 1.807) is 67.6 Å². The summed E-state index contributed by atoms with van der Waals surface area (Å²) < 4.78 is 28.9. The van der Waals surface area contributed by atoms with Gasteiger partial charge in [-0.3, -0.25) is 13.9 Å². The summed E-state index contributed by atoms with van der Waals surface area (Å²) >= 11 is 7.89. The molecule has 3 aromatic carbocycles. The Bertz CT molecular complexity index is 1390. The van der Waals surface area contributed by atoms with Gasteiger partial charge < -0.3 is 10.2 Å². The highest BCUT2D eigenvalue weighted by Crippen LogP contribution is 2.27. The van der Waals surface area contributed by atoms with Crippen molar-refractivity contribution in [2.75, 3.05) is 17.1 Å². The minimum atomic E-state index is -4.12. The number of nitrogens with one attached hydrogen (secondary N) is 1. The van der Waals surface area contributed by atoms with E-state index in [4.69, 9.17) is 11.6 Å². The zero-order chi connectivity index (χ0) is 28.7.